The van der Waals surface area contributed by atoms with Crippen LogP contribution in [-0.4, -0.2) is 75.9 Å². The number of amides is 1. The number of carbonyl (C=O) groups excluding carboxylic acids is 1. The van der Waals surface area contributed by atoms with Gasteiger partial charge in [-0.2, -0.15) is 4.31 Å². The minimum Gasteiger partial charge on any atom is -0.486 e. The summed E-state index contributed by atoms with van der Waals surface area (Å²) in [4.78, 5) is 15.2. The second-order valence-electron chi connectivity index (χ2n) is 9.94. The van der Waals surface area contributed by atoms with Gasteiger partial charge < -0.3 is 14.7 Å². The van der Waals surface area contributed by atoms with Crippen molar-refractivity contribution in [3.05, 3.63) is 71.1 Å². The van der Waals surface area contributed by atoms with Crippen molar-refractivity contribution < 1.29 is 31.5 Å². The lowest BCUT2D eigenvalue weighted by atomic mass is 9.99. The Kier molecular flexibility index (Phi) is 8.90. The van der Waals surface area contributed by atoms with E-state index >= 15 is 0 Å². The van der Waals surface area contributed by atoms with Crippen LogP contribution >= 0.6 is 11.3 Å². The number of para-hydroxylation sites is 1. The molecule has 0 radical (unpaired) electrons. The number of thiophene rings is 1. The molecule has 0 bridgehead atoms. The fraction of sp³-hybridized carbons (Fsp3) is 0.370. The largest absolute Gasteiger partial charge is 0.486 e. The molecular formula is C27H33N3O7S3. The number of carbonyl (C=O) groups is 1. The Labute approximate surface area is 239 Å². The SMILES string of the molecule is Cc1ccc(S(=O)(=O)Nc2cccc3c2O[C@H](CN(C)S(=O)(=O)c2cccs2)[C@H](C)CN([C@@H](C)CO)C3=O)cc1. The molecule has 40 heavy (non-hydrogen) atoms. The van der Waals surface area contributed by atoms with E-state index in [1.807, 2.05) is 13.8 Å². The first kappa shape index (κ1) is 30.0. The lowest BCUT2D eigenvalue weighted by Crippen LogP contribution is -2.50. The Morgan fingerprint density at radius 2 is 1.82 bits per heavy atom. The van der Waals surface area contributed by atoms with Crippen molar-refractivity contribution in [1.82, 2.24) is 9.21 Å². The number of anilines is 1. The molecule has 0 aliphatic carbocycles. The van der Waals surface area contributed by atoms with Gasteiger partial charge >= 0.3 is 0 Å². The minimum atomic E-state index is -4.04. The fourth-order valence-electron chi connectivity index (χ4n) is 4.38. The van der Waals surface area contributed by atoms with Crippen molar-refractivity contribution >= 4 is 43.0 Å². The molecule has 0 spiro atoms. The first-order valence-electron chi connectivity index (χ1n) is 12.7. The number of rotatable bonds is 9. The first-order chi connectivity index (χ1) is 18.8. The van der Waals surface area contributed by atoms with Gasteiger partial charge in [-0.25, -0.2) is 16.8 Å². The van der Waals surface area contributed by atoms with Gasteiger partial charge in [0.05, 0.1) is 35.3 Å². The zero-order valence-electron chi connectivity index (χ0n) is 22.6. The smallest absolute Gasteiger partial charge is 0.262 e. The summed E-state index contributed by atoms with van der Waals surface area (Å²) < 4.78 is 63.1. The second kappa shape index (κ2) is 11.9. The average Bonchev–Trinajstić information content (AvgIpc) is 3.47. The number of aliphatic hydroxyl groups is 1. The van der Waals surface area contributed by atoms with Gasteiger partial charge in [0, 0.05) is 19.5 Å². The van der Waals surface area contributed by atoms with Crippen LogP contribution in [0.25, 0.3) is 0 Å². The van der Waals surface area contributed by atoms with Crippen LogP contribution in [0.15, 0.2) is 69.1 Å². The molecule has 0 saturated heterocycles. The van der Waals surface area contributed by atoms with E-state index in [0.717, 1.165) is 16.9 Å². The summed E-state index contributed by atoms with van der Waals surface area (Å²) in [5, 5.41) is 11.6. The van der Waals surface area contributed by atoms with E-state index in [4.69, 9.17) is 4.74 Å². The van der Waals surface area contributed by atoms with Gasteiger partial charge in [-0.15, -0.1) is 11.3 Å². The summed E-state index contributed by atoms with van der Waals surface area (Å²) in [5.74, 6) is -0.816. The molecule has 13 heteroatoms. The Hall–Kier alpha value is -2.97. The number of sulfonamides is 2. The highest BCUT2D eigenvalue weighted by atomic mass is 32.2. The standard InChI is InChI=1S/C27H33N3O7S3/c1-18-10-12-21(13-11-18)39(33,34)28-23-8-5-7-22-26(23)37-24(19(2)15-30(27(22)32)20(3)17-31)16-29(4)40(35,36)25-9-6-14-38-25/h5-14,19-20,24,28,31H,15-17H2,1-4H3/t19-,20+,24-/m1/s1. The molecule has 1 aliphatic rings. The predicted octanol–water partition coefficient (Wildman–Crippen LogP) is 3.40. The van der Waals surface area contributed by atoms with Crippen LogP contribution in [0.2, 0.25) is 0 Å². The molecule has 3 atom stereocenters. The highest BCUT2D eigenvalue weighted by Crippen LogP contribution is 2.36. The number of fused-ring (bicyclic) bond motifs is 1. The summed E-state index contributed by atoms with van der Waals surface area (Å²) in [6, 6.07) is 13.5. The normalized spacial score (nSPS) is 18.9. The lowest BCUT2D eigenvalue weighted by Gasteiger charge is -2.38. The highest BCUT2D eigenvalue weighted by Gasteiger charge is 2.36. The maximum Gasteiger partial charge on any atom is 0.262 e. The molecule has 2 N–H and O–H groups in total. The Balaban J connectivity index is 1.76. The lowest BCUT2D eigenvalue weighted by molar-refractivity contribution is 0.0389. The third-order valence-electron chi connectivity index (χ3n) is 6.86. The van der Waals surface area contributed by atoms with Crippen molar-refractivity contribution in [2.45, 2.75) is 42.0 Å². The van der Waals surface area contributed by atoms with E-state index in [-0.39, 0.29) is 51.7 Å². The molecule has 1 aromatic heterocycles. The van der Waals surface area contributed by atoms with E-state index in [1.54, 1.807) is 36.6 Å². The molecule has 0 unspecified atom stereocenters. The van der Waals surface area contributed by atoms with Gasteiger partial charge in [-0.1, -0.05) is 36.8 Å². The topological polar surface area (TPSA) is 133 Å². The third kappa shape index (κ3) is 6.18. The van der Waals surface area contributed by atoms with Crippen LogP contribution in [0.1, 0.15) is 29.8 Å². The Bertz CT molecular complexity index is 1560. The van der Waals surface area contributed by atoms with E-state index in [9.17, 15) is 26.7 Å². The van der Waals surface area contributed by atoms with Crippen molar-refractivity contribution in [3.8, 4) is 5.75 Å². The minimum absolute atomic E-state index is 0.00296. The zero-order chi connectivity index (χ0) is 29.2. The average molecular weight is 608 g/mol. The summed E-state index contributed by atoms with van der Waals surface area (Å²) in [6.45, 7) is 5.22. The number of hydrogen-bond acceptors (Lipinski definition) is 8. The molecule has 0 saturated carbocycles. The number of aliphatic hydroxyl groups excluding tert-OH is 1. The molecule has 2 heterocycles. The van der Waals surface area contributed by atoms with Gasteiger partial charge in [0.2, 0.25) is 0 Å². The van der Waals surface area contributed by atoms with Crippen LogP contribution in [0.4, 0.5) is 5.69 Å². The van der Waals surface area contributed by atoms with Crippen LogP contribution in [0.3, 0.4) is 0 Å². The molecule has 4 rings (SSSR count). The predicted molar refractivity (Wildman–Crippen MR) is 154 cm³/mol. The third-order valence-corrected chi connectivity index (χ3v) is 11.4. The molecule has 0 fully saturated rings. The van der Waals surface area contributed by atoms with Crippen LogP contribution in [-0.2, 0) is 20.0 Å². The van der Waals surface area contributed by atoms with Gasteiger partial charge in [-0.05, 0) is 49.6 Å². The summed E-state index contributed by atoms with van der Waals surface area (Å²) >= 11 is 1.10. The van der Waals surface area contributed by atoms with Crippen molar-refractivity contribution in [1.29, 1.82) is 0 Å². The van der Waals surface area contributed by atoms with Gasteiger partial charge in [0.15, 0.2) is 5.75 Å². The second-order valence-corrected chi connectivity index (χ2v) is 14.8. The molecule has 10 nitrogen and oxygen atoms in total. The maximum atomic E-state index is 13.7. The summed E-state index contributed by atoms with van der Waals surface area (Å²) in [5.41, 5.74) is 1.05. The monoisotopic (exact) mass is 607 g/mol. The first-order valence-corrected chi connectivity index (χ1v) is 16.5. The van der Waals surface area contributed by atoms with E-state index in [1.165, 1.54) is 46.6 Å². The quantitative estimate of drug-likeness (QED) is 0.381. The van der Waals surface area contributed by atoms with Crippen molar-refractivity contribution in [3.63, 3.8) is 0 Å². The molecule has 3 aromatic rings. The number of benzene rings is 2. The molecule has 1 amide bonds. The maximum absolute atomic E-state index is 13.7. The van der Waals surface area contributed by atoms with Crippen LogP contribution in [0, 0.1) is 12.8 Å². The molecular weight excluding hydrogens is 575 g/mol. The highest BCUT2D eigenvalue weighted by molar-refractivity contribution is 7.92. The van der Waals surface area contributed by atoms with E-state index in [2.05, 4.69) is 4.72 Å². The number of nitrogens with one attached hydrogen (secondary N) is 1. The van der Waals surface area contributed by atoms with Gasteiger partial charge in [0.1, 0.15) is 10.3 Å². The van der Waals surface area contributed by atoms with Gasteiger partial charge in [0.25, 0.3) is 26.0 Å². The number of ether oxygens (including phenoxy) is 1. The van der Waals surface area contributed by atoms with Crippen LogP contribution < -0.4 is 9.46 Å². The Morgan fingerprint density at radius 1 is 1.12 bits per heavy atom. The number of likely N-dealkylation sites (N-methyl/N-ethyl adjacent to an activating group) is 1. The Morgan fingerprint density at radius 3 is 2.45 bits per heavy atom. The zero-order valence-corrected chi connectivity index (χ0v) is 25.1. The molecule has 2 aromatic carbocycles. The van der Waals surface area contributed by atoms with Crippen LogP contribution in [0.5, 0.6) is 5.75 Å². The van der Waals surface area contributed by atoms with E-state index < -0.39 is 38.1 Å². The molecule has 1 aliphatic heterocycles. The van der Waals surface area contributed by atoms with E-state index in [0.29, 0.717) is 0 Å². The van der Waals surface area contributed by atoms with Crippen molar-refractivity contribution in [2.75, 3.05) is 31.5 Å². The summed E-state index contributed by atoms with van der Waals surface area (Å²) in [7, 11) is -6.39. The number of nitrogens with zero attached hydrogens (tertiary/aromatic N) is 2. The summed E-state index contributed by atoms with van der Waals surface area (Å²) in [6.07, 6.45) is -0.759. The van der Waals surface area contributed by atoms with Gasteiger partial charge in [-0.3, -0.25) is 9.52 Å². The fourth-order valence-corrected chi connectivity index (χ4v) is 7.82. The van der Waals surface area contributed by atoms with Crippen molar-refractivity contribution in [2.24, 2.45) is 5.92 Å². The molecule has 216 valence electrons. The number of hydrogen-bond donors (Lipinski definition) is 2. The number of aryl methyl sites for hydroxylation is 1.